The van der Waals surface area contributed by atoms with Gasteiger partial charge in [-0.15, -0.1) is 5.10 Å². The molecule has 0 radical (unpaired) electrons. The quantitative estimate of drug-likeness (QED) is 0.0484. The van der Waals surface area contributed by atoms with Crippen LogP contribution >= 0.6 is 11.6 Å². The third-order valence-electron chi connectivity index (χ3n) is 12.9. The molecule has 1 spiro atoms. The summed E-state index contributed by atoms with van der Waals surface area (Å²) in [6.45, 7) is 8.91. The summed E-state index contributed by atoms with van der Waals surface area (Å²) in [5, 5.41) is 32.1. The van der Waals surface area contributed by atoms with Gasteiger partial charge >= 0.3 is 0 Å². The number of anilines is 3. The van der Waals surface area contributed by atoms with E-state index < -0.39 is 37.6 Å². The molecular weight excluding hydrogens is 839 g/mol. The number of aryl methyl sites for hydroxylation is 1. The van der Waals surface area contributed by atoms with Gasteiger partial charge in [-0.25, -0.2) is 0 Å². The van der Waals surface area contributed by atoms with Crippen molar-refractivity contribution in [2.45, 2.75) is 94.9 Å². The largest absolute Gasteiger partial charge is 0.494 e. The van der Waals surface area contributed by atoms with Crippen LogP contribution in [0.1, 0.15) is 67.0 Å². The minimum absolute atomic E-state index is 0.0764. The fourth-order valence-electron chi connectivity index (χ4n) is 10.00. The van der Waals surface area contributed by atoms with Crippen molar-refractivity contribution in [3.8, 4) is 5.75 Å². The van der Waals surface area contributed by atoms with Gasteiger partial charge in [-0.05, 0) is 117 Å². The average molecular weight is 896 g/mol. The average Bonchev–Trinajstić information content (AvgIpc) is 3.93. The SMILES string of the molecule is CCOc1ccc2c(c1)CC(NCCCCO)C(=O)N2c1ccc(CN2C(=O)[C@@]3(O[C@@H](CCn4cc(C(CO)c5ccccc5)nn4)[C@H]([Si](C)(C)F)[C@H]3C)c3cc(Cl)ccc32)cc1. The number of aliphatic hydroxyl groups excluding tert-OH is 2. The van der Waals surface area contributed by atoms with Gasteiger partial charge < -0.3 is 34.0 Å². The van der Waals surface area contributed by atoms with Gasteiger partial charge in [0.2, 0.25) is 14.3 Å². The zero-order chi connectivity index (χ0) is 44.5. The molecule has 4 aromatic carbocycles. The number of hydrogen-bond acceptors (Lipinski definition) is 9. The number of nitrogens with zero attached hydrogens (tertiary/aromatic N) is 5. The van der Waals surface area contributed by atoms with E-state index in [9.17, 15) is 15.0 Å². The zero-order valence-corrected chi connectivity index (χ0v) is 38.0. The molecular formula is C48H56ClFN6O6Si. The second-order valence-corrected chi connectivity index (χ2v) is 21.6. The first kappa shape index (κ1) is 44.6. The minimum Gasteiger partial charge on any atom is -0.494 e. The van der Waals surface area contributed by atoms with Crippen molar-refractivity contribution < 1.29 is 33.4 Å². The molecule has 1 fully saturated rings. The van der Waals surface area contributed by atoms with Gasteiger partial charge in [-0.3, -0.25) is 19.2 Å². The lowest BCUT2D eigenvalue weighted by Crippen LogP contribution is -2.49. The highest BCUT2D eigenvalue weighted by Gasteiger charge is 2.66. The lowest BCUT2D eigenvalue weighted by molar-refractivity contribution is -0.146. The fraction of sp³-hybridized carbons (Fsp3) is 0.417. The molecule has 2 unspecified atom stereocenters. The molecule has 6 atom stereocenters. The van der Waals surface area contributed by atoms with Crippen molar-refractivity contribution in [1.29, 1.82) is 0 Å². The van der Waals surface area contributed by atoms with Crippen LogP contribution in [0.3, 0.4) is 0 Å². The maximum absolute atomic E-state index is 16.6. The molecule has 0 aliphatic carbocycles. The van der Waals surface area contributed by atoms with Crippen LogP contribution in [0.15, 0.2) is 97.2 Å². The number of ether oxygens (including phenoxy) is 2. The summed E-state index contributed by atoms with van der Waals surface area (Å²) >= 11 is 6.65. The van der Waals surface area contributed by atoms with Crippen molar-refractivity contribution in [2.24, 2.45) is 5.92 Å². The van der Waals surface area contributed by atoms with E-state index in [4.69, 9.17) is 21.1 Å². The van der Waals surface area contributed by atoms with Crippen LogP contribution in [0.25, 0.3) is 0 Å². The summed E-state index contributed by atoms with van der Waals surface area (Å²) in [4.78, 5) is 32.7. The molecule has 15 heteroatoms. The second kappa shape index (κ2) is 18.6. The van der Waals surface area contributed by atoms with Crippen LogP contribution in [0.5, 0.6) is 5.75 Å². The first-order valence-corrected chi connectivity index (χ1v) is 25.3. The Hall–Kier alpha value is -4.96. The number of fused-ring (bicyclic) bond motifs is 3. The molecule has 0 saturated carbocycles. The lowest BCUT2D eigenvalue weighted by Gasteiger charge is -2.35. The molecule has 1 aromatic heterocycles. The molecule has 1 saturated heterocycles. The summed E-state index contributed by atoms with van der Waals surface area (Å²) in [6.07, 6.45) is 3.52. The maximum atomic E-state index is 16.6. The van der Waals surface area contributed by atoms with Gasteiger partial charge in [0.15, 0.2) is 5.60 Å². The summed E-state index contributed by atoms with van der Waals surface area (Å²) in [5.74, 6) is -0.443. The highest BCUT2D eigenvalue weighted by Crippen LogP contribution is 2.60. The molecule has 332 valence electrons. The number of aliphatic hydroxyl groups is 2. The number of amides is 2. The van der Waals surface area contributed by atoms with Crippen molar-refractivity contribution in [2.75, 3.05) is 36.2 Å². The number of halogens is 2. The third kappa shape index (κ3) is 8.69. The molecule has 63 heavy (non-hydrogen) atoms. The first-order valence-electron chi connectivity index (χ1n) is 21.9. The minimum atomic E-state index is -3.44. The van der Waals surface area contributed by atoms with Crippen LogP contribution in [0, 0.1) is 5.92 Å². The first-order chi connectivity index (χ1) is 30.4. The number of hydrogen-bond donors (Lipinski definition) is 3. The molecule has 5 aromatic rings. The molecule has 3 aliphatic rings. The Balaban J connectivity index is 1.04. The van der Waals surface area contributed by atoms with Crippen LogP contribution in [-0.4, -0.2) is 83.9 Å². The van der Waals surface area contributed by atoms with Gasteiger partial charge in [0.05, 0.1) is 54.9 Å². The van der Waals surface area contributed by atoms with E-state index in [1.54, 1.807) is 39.7 Å². The molecule has 3 N–H and O–H groups in total. The summed E-state index contributed by atoms with van der Waals surface area (Å²) in [7, 11) is -3.44. The van der Waals surface area contributed by atoms with Gasteiger partial charge in [-0.2, -0.15) is 0 Å². The Bertz CT molecular complexity index is 2420. The normalized spacial score (nSPS) is 22.5. The second-order valence-electron chi connectivity index (χ2n) is 17.4. The van der Waals surface area contributed by atoms with Crippen molar-refractivity contribution in [3.05, 3.63) is 130 Å². The fourth-order valence-corrected chi connectivity index (χ4v) is 12.7. The van der Waals surface area contributed by atoms with Gasteiger partial charge in [0.1, 0.15) is 5.75 Å². The van der Waals surface area contributed by atoms with E-state index in [1.807, 2.05) is 98.9 Å². The van der Waals surface area contributed by atoms with E-state index in [2.05, 4.69) is 15.6 Å². The topological polar surface area (TPSA) is 142 Å². The standard InChI is InChI=1S/C48H56ClFN6O6Si/c1-5-61-37-18-20-42-34(25-37)26-40(51-22-9-10-24-57)46(59)56(42)36-16-13-32(14-17-36)28-55-43-19-15-35(49)27-39(43)48(47(55)60)31(2)45(63(3,4)50)44(62-48)21-23-54-29-41(52-53-54)38(30-58)33-11-7-6-8-12-33/h6-8,11-20,25,27,29,31,38,40,44-45,51,57-58H,5,9-10,21-24,26,28,30H2,1-4H3/t31-,38?,40?,44+,45-,48+/m1/s1. The zero-order valence-electron chi connectivity index (χ0n) is 36.2. The monoisotopic (exact) mass is 894 g/mol. The van der Waals surface area contributed by atoms with Gasteiger partial charge in [0.25, 0.3) is 5.91 Å². The highest BCUT2D eigenvalue weighted by atomic mass is 35.5. The molecule has 12 nitrogen and oxygen atoms in total. The van der Waals surface area contributed by atoms with Gasteiger partial charge in [-0.1, -0.05) is 66.2 Å². The number of nitrogens with one attached hydrogen (secondary N) is 1. The molecule has 8 rings (SSSR count). The predicted octanol–water partition coefficient (Wildman–Crippen LogP) is 7.82. The predicted molar refractivity (Wildman–Crippen MR) is 244 cm³/mol. The number of aromatic nitrogens is 3. The third-order valence-corrected chi connectivity index (χ3v) is 15.6. The molecule has 4 heterocycles. The van der Waals surface area contributed by atoms with Crippen LogP contribution in [0.2, 0.25) is 23.7 Å². The maximum Gasteiger partial charge on any atom is 0.264 e. The van der Waals surface area contributed by atoms with Gasteiger partial charge in [0, 0.05) is 47.1 Å². The number of carbonyl (C=O) groups is 2. The number of unbranched alkanes of at least 4 members (excludes halogenated alkanes) is 1. The van der Waals surface area contributed by atoms with E-state index in [-0.39, 0.29) is 37.5 Å². The summed E-state index contributed by atoms with van der Waals surface area (Å²) in [6, 6.07) is 28.0. The Morgan fingerprint density at radius 3 is 2.49 bits per heavy atom. The smallest absolute Gasteiger partial charge is 0.264 e. The van der Waals surface area contributed by atoms with Crippen molar-refractivity contribution >= 4 is 48.9 Å². The summed E-state index contributed by atoms with van der Waals surface area (Å²) < 4.78 is 31.1. The van der Waals surface area contributed by atoms with Crippen LogP contribution in [0.4, 0.5) is 21.2 Å². The van der Waals surface area contributed by atoms with E-state index in [0.717, 1.165) is 34.5 Å². The van der Waals surface area contributed by atoms with Crippen molar-refractivity contribution in [3.63, 3.8) is 0 Å². The van der Waals surface area contributed by atoms with Crippen LogP contribution < -0.4 is 19.9 Å². The number of rotatable bonds is 17. The van der Waals surface area contributed by atoms with Crippen LogP contribution in [-0.2, 0) is 39.4 Å². The Labute approximate surface area is 374 Å². The van der Waals surface area contributed by atoms with E-state index >= 15 is 8.90 Å². The van der Waals surface area contributed by atoms with E-state index in [1.165, 1.54) is 0 Å². The van der Waals surface area contributed by atoms with E-state index in [0.29, 0.717) is 66.6 Å². The highest BCUT2D eigenvalue weighted by molar-refractivity contribution is 6.72. The number of benzene rings is 4. The van der Waals surface area contributed by atoms with Crippen molar-refractivity contribution in [1.82, 2.24) is 20.3 Å². The number of carbonyl (C=O) groups excluding carboxylic acids is 2. The molecule has 0 bridgehead atoms. The lowest BCUT2D eigenvalue weighted by atomic mass is 9.82. The molecule has 2 amide bonds. The Morgan fingerprint density at radius 2 is 1.78 bits per heavy atom. The Morgan fingerprint density at radius 1 is 1.02 bits per heavy atom. The molecule has 3 aliphatic heterocycles. The summed E-state index contributed by atoms with van der Waals surface area (Å²) in [5.41, 5.74) is 4.16. The Kier molecular flexibility index (Phi) is 13.2.